The monoisotopic (exact) mass is 303 g/mol. The van der Waals surface area contributed by atoms with Gasteiger partial charge in [0.1, 0.15) is 5.82 Å². The molecule has 0 amide bonds. The summed E-state index contributed by atoms with van der Waals surface area (Å²) in [6.07, 6.45) is 0. The number of ether oxygens (including phenoxy) is 2. The summed E-state index contributed by atoms with van der Waals surface area (Å²) in [6.45, 7) is 2.87. The maximum absolute atomic E-state index is 13.0. The molecule has 22 heavy (non-hydrogen) atoms. The molecule has 0 aliphatic rings. The lowest BCUT2D eigenvalue weighted by atomic mass is 10.1. The van der Waals surface area contributed by atoms with E-state index in [9.17, 15) is 4.39 Å². The van der Waals surface area contributed by atoms with Gasteiger partial charge in [-0.15, -0.1) is 0 Å². The molecule has 2 rings (SSSR count). The van der Waals surface area contributed by atoms with E-state index in [4.69, 9.17) is 9.47 Å². The second-order valence-electron chi connectivity index (χ2n) is 5.33. The fourth-order valence-electron chi connectivity index (χ4n) is 2.40. The van der Waals surface area contributed by atoms with Crippen LogP contribution in [0.1, 0.15) is 24.1 Å². The van der Waals surface area contributed by atoms with Crippen molar-refractivity contribution >= 4 is 0 Å². The first-order chi connectivity index (χ1) is 10.5. The smallest absolute Gasteiger partial charge is 0.161 e. The maximum Gasteiger partial charge on any atom is 0.161 e. The summed E-state index contributed by atoms with van der Waals surface area (Å²) in [5.41, 5.74) is 2.22. The molecule has 0 radical (unpaired) electrons. The zero-order valence-corrected chi connectivity index (χ0v) is 13.5. The van der Waals surface area contributed by atoms with Crippen LogP contribution in [0.4, 0.5) is 4.39 Å². The summed E-state index contributed by atoms with van der Waals surface area (Å²) in [5, 5.41) is 0. The topological polar surface area (TPSA) is 21.7 Å². The summed E-state index contributed by atoms with van der Waals surface area (Å²) in [5.74, 6) is 1.24. The van der Waals surface area contributed by atoms with Crippen molar-refractivity contribution in [3.05, 3.63) is 59.4 Å². The van der Waals surface area contributed by atoms with Crippen LogP contribution in [0.15, 0.2) is 42.5 Å². The van der Waals surface area contributed by atoms with E-state index in [2.05, 4.69) is 11.8 Å². The summed E-state index contributed by atoms with van der Waals surface area (Å²) < 4.78 is 23.6. The minimum absolute atomic E-state index is 0.189. The van der Waals surface area contributed by atoms with Crippen molar-refractivity contribution in [2.45, 2.75) is 19.5 Å². The predicted octanol–water partition coefficient (Wildman–Crippen LogP) is 4.04. The maximum atomic E-state index is 13.0. The van der Waals surface area contributed by atoms with E-state index in [1.165, 1.54) is 12.1 Å². The van der Waals surface area contributed by atoms with Crippen LogP contribution in [0.3, 0.4) is 0 Å². The minimum Gasteiger partial charge on any atom is -0.493 e. The summed E-state index contributed by atoms with van der Waals surface area (Å²) in [6, 6.07) is 12.7. The molecule has 0 unspecified atom stereocenters. The van der Waals surface area contributed by atoms with E-state index in [-0.39, 0.29) is 11.9 Å². The largest absolute Gasteiger partial charge is 0.493 e. The van der Waals surface area contributed by atoms with Gasteiger partial charge in [0.15, 0.2) is 11.5 Å². The van der Waals surface area contributed by atoms with Gasteiger partial charge in [-0.25, -0.2) is 4.39 Å². The number of methoxy groups -OCH3 is 2. The average molecular weight is 303 g/mol. The van der Waals surface area contributed by atoms with Crippen LogP contribution < -0.4 is 9.47 Å². The molecule has 1 atom stereocenters. The molecule has 0 spiro atoms. The van der Waals surface area contributed by atoms with Gasteiger partial charge < -0.3 is 9.47 Å². The molecular formula is C18H22FNO2. The first-order valence-corrected chi connectivity index (χ1v) is 7.21. The Labute approximate surface area is 131 Å². The Kier molecular flexibility index (Phi) is 5.39. The standard InChI is InChI=1S/C18H22FNO2/c1-13(15-6-8-16(19)9-7-15)20(2)12-14-5-10-17(21-3)18(11-14)22-4/h5-11,13H,12H2,1-4H3/t13-/m0/s1. The Balaban J connectivity index is 2.10. The first kappa shape index (κ1) is 16.3. The van der Waals surface area contributed by atoms with E-state index in [1.807, 2.05) is 37.4 Å². The highest BCUT2D eigenvalue weighted by atomic mass is 19.1. The quantitative estimate of drug-likeness (QED) is 0.804. The molecule has 4 heteroatoms. The van der Waals surface area contributed by atoms with Gasteiger partial charge in [0.25, 0.3) is 0 Å². The van der Waals surface area contributed by atoms with Crippen molar-refractivity contribution in [3.63, 3.8) is 0 Å². The number of halogens is 1. The van der Waals surface area contributed by atoms with Gasteiger partial charge in [-0.1, -0.05) is 18.2 Å². The van der Waals surface area contributed by atoms with Crippen molar-refractivity contribution < 1.29 is 13.9 Å². The average Bonchev–Trinajstić information content (AvgIpc) is 2.54. The van der Waals surface area contributed by atoms with E-state index in [1.54, 1.807) is 14.2 Å². The zero-order chi connectivity index (χ0) is 16.1. The van der Waals surface area contributed by atoms with Crippen LogP contribution in [-0.4, -0.2) is 26.2 Å². The molecule has 2 aromatic rings. The second-order valence-corrected chi connectivity index (χ2v) is 5.33. The molecule has 0 fully saturated rings. The van der Waals surface area contributed by atoms with Gasteiger partial charge >= 0.3 is 0 Å². The minimum atomic E-state index is -0.210. The molecule has 0 aromatic heterocycles. The molecule has 0 bridgehead atoms. The van der Waals surface area contributed by atoms with Crippen molar-refractivity contribution in [2.75, 3.05) is 21.3 Å². The molecule has 0 saturated carbocycles. The van der Waals surface area contributed by atoms with Gasteiger partial charge in [0.05, 0.1) is 14.2 Å². The zero-order valence-electron chi connectivity index (χ0n) is 13.5. The van der Waals surface area contributed by atoms with E-state index in [0.29, 0.717) is 0 Å². The molecule has 0 heterocycles. The Bertz CT molecular complexity index is 613. The number of benzene rings is 2. The third-order valence-corrected chi connectivity index (χ3v) is 3.89. The van der Waals surface area contributed by atoms with Gasteiger partial charge in [-0.3, -0.25) is 4.90 Å². The van der Waals surface area contributed by atoms with Crippen molar-refractivity contribution in [2.24, 2.45) is 0 Å². The van der Waals surface area contributed by atoms with Gasteiger partial charge in [-0.2, -0.15) is 0 Å². The number of rotatable bonds is 6. The Morgan fingerprint density at radius 3 is 2.23 bits per heavy atom. The first-order valence-electron chi connectivity index (χ1n) is 7.21. The van der Waals surface area contributed by atoms with Crippen LogP contribution in [-0.2, 0) is 6.54 Å². The van der Waals surface area contributed by atoms with Crippen LogP contribution in [0.2, 0.25) is 0 Å². The highest BCUT2D eigenvalue weighted by Crippen LogP contribution is 2.29. The Hall–Kier alpha value is -2.07. The van der Waals surface area contributed by atoms with Crippen LogP contribution >= 0.6 is 0 Å². The fraction of sp³-hybridized carbons (Fsp3) is 0.333. The van der Waals surface area contributed by atoms with E-state index < -0.39 is 0 Å². The van der Waals surface area contributed by atoms with Gasteiger partial charge in [0, 0.05) is 12.6 Å². The molecule has 2 aromatic carbocycles. The molecule has 0 N–H and O–H groups in total. The Morgan fingerprint density at radius 1 is 1.00 bits per heavy atom. The third-order valence-electron chi connectivity index (χ3n) is 3.89. The molecular weight excluding hydrogens is 281 g/mol. The third kappa shape index (κ3) is 3.77. The van der Waals surface area contributed by atoms with Crippen LogP contribution in [0.5, 0.6) is 11.5 Å². The molecule has 0 aliphatic heterocycles. The lowest BCUT2D eigenvalue weighted by Crippen LogP contribution is -2.21. The van der Waals surface area contributed by atoms with Crippen molar-refractivity contribution in [1.29, 1.82) is 0 Å². The molecule has 118 valence electrons. The summed E-state index contributed by atoms with van der Waals surface area (Å²) >= 11 is 0. The van der Waals surface area contributed by atoms with Gasteiger partial charge in [-0.05, 0) is 49.4 Å². The predicted molar refractivity (Wildman–Crippen MR) is 85.8 cm³/mol. The van der Waals surface area contributed by atoms with E-state index in [0.717, 1.165) is 29.2 Å². The molecule has 0 aliphatic carbocycles. The highest BCUT2D eigenvalue weighted by molar-refractivity contribution is 5.42. The molecule has 3 nitrogen and oxygen atoms in total. The van der Waals surface area contributed by atoms with Crippen molar-refractivity contribution in [1.82, 2.24) is 4.90 Å². The lowest BCUT2D eigenvalue weighted by Gasteiger charge is -2.25. The number of hydrogen-bond donors (Lipinski definition) is 0. The summed E-state index contributed by atoms with van der Waals surface area (Å²) in [7, 11) is 5.30. The number of nitrogens with zero attached hydrogens (tertiary/aromatic N) is 1. The fourth-order valence-corrected chi connectivity index (χ4v) is 2.40. The second kappa shape index (κ2) is 7.27. The normalized spacial score (nSPS) is 12.3. The van der Waals surface area contributed by atoms with E-state index >= 15 is 0 Å². The molecule has 0 saturated heterocycles. The highest BCUT2D eigenvalue weighted by Gasteiger charge is 2.13. The van der Waals surface area contributed by atoms with Crippen molar-refractivity contribution in [3.8, 4) is 11.5 Å². The Morgan fingerprint density at radius 2 is 1.64 bits per heavy atom. The number of hydrogen-bond acceptors (Lipinski definition) is 3. The van der Waals surface area contributed by atoms with Crippen LogP contribution in [0.25, 0.3) is 0 Å². The summed E-state index contributed by atoms with van der Waals surface area (Å²) in [4.78, 5) is 2.20. The van der Waals surface area contributed by atoms with Gasteiger partial charge in [0.2, 0.25) is 0 Å². The lowest BCUT2D eigenvalue weighted by molar-refractivity contribution is 0.252. The van der Waals surface area contributed by atoms with Crippen LogP contribution in [0, 0.1) is 5.82 Å². The SMILES string of the molecule is COc1ccc(CN(C)[C@@H](C)c2ccc(F)cc2)cc1OC.